The van der Waals surface area contributed by atoms with Crippen LogP contribution < -0.4 is 0 Å². The number of nitrogens with zero attached hydrogens (tertiary/aromatic N) is 2. The normalized spacial score (nSPS) is 10.9. The molecule has 0 aliphatic rings. The van der Waals surface area contributed by atoms with E-state index in [2.05, 4.69) is 4.98 Å². The summed E-state index contributed by atoms with van der Waals surface area (Å²) in [6.07, 6.45) is 3.02. The van der Waals surface area contributed by atoms with E-state index in [1.807, 2.05) is 0 Å². The van der Waals surface area contributed by atoms with E-state index < -0.39 is 5.97 Å². The van der Waals surface area contributed by atoms with Gasteiger partial charge in [-0.15, -0.1) is 0 Å². The van der Waals surface area contributed by atoms with Gasteiger partial charge in [-0.2, -0.15) is 0 Å². The molecule has 0 saturated carbocycles. The van der Waals surface area contributed by atoms with Crippen LogP contribution >= 0.6 is 23.2 Å². The second kappa shape index (κ2) is 4.81. The number of fused-ring (bicyclic) bond motifs is 1. The maximum atomic E-state index is 11.3. The van der Waals surface area contributed by atoms with Crippen molar-refractivity contribution in [1.29, 1.82) is 0 Å². The van der Waals surface area contributed by atoms with Gasteiger partial charge in [0.2, 0.25) is 0 Å². The van der Waals surface area contributed by atoms with Crippen LogP contribution in [0, 0.1) is 0 Å². The summed E-state index contributed by atoms with van der Waals surface area (Å²) in [5, 5.41) is 10.7. The van der Waals surface area contributed by atoms with E-state index in [1.54, 1.807) is 34.9 Å². The van der Waals surface area contributed by atoms with Crippen molar-refractivity contribution in [3.05, 3.63) is 58.5 Å². The Kier molecular flexibility index (Phi) is 3.12. The number of pyridine rings is 1. The van der Waals surface area contributed by atoms with Crippen molar-refractivity contribution in [2.75, 3.05) is 0 Å². The molecule has 2 heterocycles. The van der Waals surface area contributed by atoms with Crippen LogP contribution in [0.1, 0.15) is 10.4 Å². The zero-order valence-corrected chi connectivity index (χ0v) is 11.6. The van der Waals surface area contributed by atoms with Crippen LogP contribution in [0.25, 0.3) is 16.6 Å². The average molecular weight is 307 g/mol. The van der Waals surface area contributed by atoms with E-state index in [0.29, 0.717) is 15.9 Å². The van der Waals surface area contributed by atoms with Gasteiger partial charge in [0.1, 0.15) is 0 Å². The lowest BCUT2D eigenvalue weighted by molar-refractivity contribution is 0.0699. The fraction of sp³-hybridized carbons (Fsp3) is 0. The second-order valence-corrected chi connectivity index (χ2v) is 4.99. The summed E-state index contributed by atoms with van der Waals surface area (Å²) in [6, 6.07) is 8.67. The Hall–Kier alpha value is -2.04. The molecule has 0 spiro atoms. The molecule has 0 aliphatic heterocycles. The van der Waals surface area contributed by atoms with Crippen molar-refractivity contribution in [1.82, 2.24) is 9.55 Å². The first-order valence-electron chi connectivity index (χ1n) is 5.72. The second-order valence-electron chi connectivity index (χ2n) is 4.19. The molecular weight excluding hydrogens is 299 g/mol. The van der Waals surface area contributed by atoms with Crippen LogP contribution in [0.4, 0.5) is 0 Å². The molecular formula is C14H8Cl2N2O2. The highest BCUT2D eigenvalue weighted by molar-refractivity contribution is 6.34. The first kappa shape index (κ1) is 13.0. The molecule has 3 aromatic rings. The molecule has 3 rings (SSSR count). The van der Waals surface area contributed by atoms with E-state index in [9.17, 15) is 9.90 Å². The first-order chi connectivity index (χ1) is 9.58. The first-order valence-corrected chi connectivity index (χ1v) is 6.48. The predicted molar refractivity (Wildman–Crippen MR) is 78.0 cm³/mol. The molecule has 0 radical (unpaired) electrons. The summed E-state index contributed by atoms with van der Waals surface area (Å²) in [7, 11) is 0. The topological polar surface area (TPSA) is 55.1 Å². The highest BCUT2D eigenvalue weighted by atomic mass is 35.5. The van der Waals surface area contributed by atoms with Gasteiger partial charge < -0.3 is 9.67 Å². The molecule has 0 aliphatic carbocycles. The third kappa shape index (κ3) is 2.03. The summed E-state index contributed by atoms with van der Waals surface area (Å²) >= 11 is 12.0. The molecule has 0 atom stereocenters. The number of aromatic carboxylic acids is 1. The van der Waals surface area contributed by atoms with Crippen molar-refractivity contribution in [2.45, 2.75) is 0 Å². The fourth-order valence-electron chi connectivity index (χ4n) is 2.11. The summed E-state index contributed by atoms with van der Waals surface area (Å²) in [5.41, 5.74) is 1.51. The van der Waals surface area contributed by atoms with Crippen LogP contribution in [-0.4, -0.2) is 20.6 Å². The van der Waals surface area contributed by atoms with Crippen molar-refractivity contribution in [2.24, 2.45) is 0 Å². The minimum Gasteiger partial charge on any atom is -0.478 e. The lowest BCUT2D eigenvalue weighted by Crippen LogP contribution is -1.95. The molecule has 0 saturated heterocycles. The summed E-state index contributed by atoms with van der Waals surface area (Å²) in [5.74, 6) is -1.01. The molecule has 0 amide bonds. The maximum absolute atomic E-state index is 11.3. The van der Waals surface area contributed by atoms with Crippen LogP contribution in [0.2, 0.25) is 10.2 Å². The van der Waals surface area contributed by atoms with Crippen LogP contribution in [0.3, 0.4) is 0 Å². The van der Waals surface area contributed by atoms with E-state index in [0.717, 1.165) is 5.69 Å². The zero-order chi connectivity index (χ0) is 14.3. The van der Waals surface area contributed by atoms with Crippen LogP contribution in [-0.2, 0) is 0 Å². The van der Waals surface area contributed by atoms with Gasteiger partial charge in [-0.1, -0.05) is 23.2 Å². The maximum Gasteiger partial charge on any atom is 0.337 e. The van der Waals surface area contributed by atoms with Crippen molar-refractivity contribution < 1.29 is 9.90 Å². The molecule has 2 aromatic heterocycles. The fourth-order valence-corrected chi connectivity index (χ4v) is 2.49. The number of aromatic nitrogens is 2. The molecule has 0 bridgehead atoms. The molecule has 1 N–H and O–H groups in total. The number of carboxylic acid groups (broad SMARTS) is 1. The molecule has 0 unspecified atom stereocenters. The van der Waals surface area contributed by atoms with Crippen molar-refractivity contribution in [3.63, 3.8) is 0 Å². The Morgan fingerprint density at radius 1 is 1.15 bits per heavy atom. The minimum absolute atomic E-state index is 0.180. The number of carbonyl (C=O) groups is 1. The number of hydrogen-bond acceptors (Lipinski definition) is 2. The Labute approximate surface area is 124 Å². The zero-order valence-electron chi connectivity index (χ0n) is 10.0. The lowest BCUT2D eigenvalue weighted by atomic mass is 10.2. The largest absolute Gasteiger partial charge is 0.478 e. The highest BCUT2D eigenvalue weighted by Crippen LogP contribution is 2.29. The summed E-state index contributed by atoms with van der Waals surface area (Å²) in [6.45, 7) is 0. The van der Waals surface area contributed by atoms with Gasteiger partial charge in [0, 0.05) is 28.5 Å². The van der Waals surface area contributed by atoms with E-state index in [1.165, 1.54) is 12.4 Å². The van der Waals surface area contributed by atoms with Gasteiger partial charge >= 0.3 is 5.97 Å². The number of halogens is 2. The third-order valence-electron chi connectivity index (χ3n) is 3.00. The minimum atomic E-state index is -1.01. The molecule has 20 heavy (non-hydrogen) atoms. The van der Waals surface area contributed by atoms with Gasteiger partial charge in [0.25, 0.3) is 0 Å². The quantitative estimate of drug-likeness (QED) is 0.727. The molecule has 4 nitrogen and oxygen atoms in total. The standard InChI is InChI=1S/C14H8Cl2N2O2/c15-8-1-3-9(4-2-8)18-7-11(14(19)20)10-5-6-17-13(16)12(10)18/h1-7H,(H,19,20). The molecule has 100 valence electrons. The highest BCUT2D eigenvalue weighted by Gasteiger charge is 2.17. The number of carboxylic acids is 1. The van der Waals surface area contributed by atoms with Crippen LogP contribution in [0.5, 0.6) is 0 Å². The summed E-state index contributed by atoms with van der Waals surface area (Å²) < 4.78 is 1.70. The smallest absolute Gasteiger partial charge is 0.337 e. The SMILES string of the molecule is O=C(O)c1cn(-c2ccc(Cl)cc2)c2c(Cl)nccc12. The van der Waals surface area contributed by atoms with Gasteiger partial charge in [0.05, 0.1) is 11.1 Å². The van der Waals surface area contributed by atoms with E-state index >= 15 is 0 Å². The number of benzene rings is 1. The Morgan fingerprint density at radius 2 is 1.85 bits per heavy atom. The number of hydrogen-bond donors (Lipinski definition) is 1. The van der Waals surface area contributed by atoms with Crippen LogP contribution in [0.15, 0.2) is 42.7 Å². The van der Waals surface area contributed by atoms with E-state index in [-0.39, 0.29) is 10.7 Å². The Morgan fingerprint density at radius 3 is 2.50 bits per heavy atom. The number of rotatable bonds is 2. The lowest BCUT2D eigenvalue weighted by Gasteiger charge is -2.06. The third-order valence-corrected chi connectivity index (χ3v) is 3.53. The Balaban J connectivity index is 2.35. The van der Waals surface area contributed by atoms with Gasteiger partial charge in [-0.05, 0) is 30.3 Å². The van der Waals surface area contributed by atoms with Gasteiger partial charge in [-0.25, -0.2) is 9.78 Å². The molecule has 0 fully saturated rings. The van der Waals surface area contributed by atoms with Gasteiger partial charge in [-0.3, -0.25) is 0 Å². The van der Waals surface area contributed by atoms with Gasteiger partial charge in [0.15, 0.2) is 5.15 Å². The van der Waals surface area contributed by atoms with Crippen molar-refractivity contribution >= 4 is 40.1 Å². The monoisotopic (exact) mass is 306 g/mol. The van der Waals surface area contributed by atoms with E-state index in [4.69, 9.17) is 23.2 Å². The summed E-state index contributed by atoms with van der Waals surface area (Å²) in [4.78, 5) is 15.3. The molecule has 1 aromatic carbocycles. The molecule has 6 heteroatoms. The Bertz CT molecular complexity index is 810. The van der Waals surface area contributed by atoms with Crippen molar-refractivity contribution in [3.8, 4) is 5.69 Å². The predicted octanol–water partition coefficient (Wildman–Crippen LogP) is 4.03. The average Bonchev–Trinajstić information content (AvgIpc) is 2.81.